The van der Waals surface area contributed by atoms with Crippen LogP contribution in [0.5, 0.6) is 0 Å². The molecule has 1 heterocycles. The molecule has 1 aliphatic heterocycles. The van der Waals surface area contributed by atoms with E-state index in [1.807, 2.05) is 0 Å². The van der Waals surface area contributed by atoms with Crippen LogP contribution in [0.3, 0.4) is 0 Å². The fraction of sp³-hybridized carbons (Fsp3) is 1.00. The fourth-order valence-electron chi connectivity index (χ4n) is 2.39. The Bertz CT molecular complexity index is 368. The minimum absolute atomic E-state index is 0.212. The molecule has 19 heavy (non-hydrogen) atoms. The summed E-state index contributed by atoms with van der Waals surface area (Å²) < 4.78 is 24.5. The van der Waals surface area contributed by atoms with Crippen molar-refractivity contribution in [1.82, 2.24) is 14.5 Å². The average Bonchev–Trinajstić information content (AvgIpc) is 2.26. The molecule has 0 aromatic carbocycles. The molecule has 1 saturated heterocycles. The smallest absolute Gasteiger partial charge is 0.211 e. The minimum atomic E-state index is -3.03. The van der Waals surface area contributed by atoms with Gasteiger partial charge in [0.25, 0.3) is 0 Å². The highest BCUT2D eigenvalue weighted by molar-refractivity contribution is 7.88. The van der Waals surface area contributed by atoms with E-state index in [9.17, 15) is 8.42 Å². The second kappa shape index (κ2) is 6.52. The molecule has 1 unspecified atom stereocenters. The molecule has 1 aliphatic rings. The van der Waals surface area contributed by atoms with E-state index in [2.05, 4.69) is 37.9 Å². The third kappa shape index (κ3) is 5.38. The normalized spacial score (nSPS) is 21.5. The van der Waals surface area contributed by atoms with Crippen LogP contribution < -0.4 is 5.32 Å². The first kappa shape index (κ1) is 16.9. The highest BCUT2D eigenvalue weighted by Gasteiger charge is 2.29. The number of hydrogen-bond donors (Lipinski definition) is 1. The summed E-state index contributed by atoms with van der Waals surface area (Å²) in [5.74, 6) is 0. The van der Waals surface area contributed by atoms with Crippen LogP contribution >= 0.6 is 0 Å². The summed E-state index contributed by atoms with van der Waals surface area (Å²) >= 11 is 0. The van der Waals surface area contributed by atoms with Gasteiger partial charge in [-0.25, -0.2) is 8.42 Å². The maximum atomic E-state index is 11.5. The molecular formula is C13H29N3O2S. The Hall–Kier alpha value is -0.170. The second-order valence-corrected chi connectivity index (χ2v) is 8.42. The molecule has 0 spiro atoms. The van der Waals surface area contributed by atoms with Gasteiger partial charge in [0.1, 0.15) is 0 Å². The summed E-state index contributed by atoms with van der Waals surface area (Å²) in [5.41, 5.74) is 0.212. The number of nitrogens with zero attached hydrogens (tertiary/aromatic N) is 2. The van der Waals surface area contributed by atoms with Gasteiger partial charge in [-0.15, -0.1) is 0 Å². The molecular weight excluding hydrogens is 262 g/mol. The lowest BCUT2D eigenvalue weighted by Gasteiger charge is -2.39. The number of sulfonamides is 1. The number of likely N-dealkylation sites (N-methyl/N-ethyl adjacent to an activating group) is 1. The zero-order valence-corrected chi connectivity index (χ0v) is 13.8. The van der Waals surface area contributed by atoms with Gasteiger partial charge in [0, 0.05) is 38.8 Å². The van der Waals surface area contributed by atoms with Crippen molar-refractivity contribution in [3.63, 3.8) is 0 Å². The van der Waals surface area contributed by atoms with Crippen molar-refractivity contribution in [2.75, 3.05) is 45.5 Å². The molecule has 1 atom stereocenters. The lowest BCUT2D eigenvalue weighted by atomic mass is 9.86. The molecule has 0 aromatic heterocycles. The molecule has 0 amide bonds. The molecule has 0 bridgehead atoms. The van der Waals surface area contributed by atoms with Gasteiger partial charge in [0.15, 0.2) is 0 Å². The van der Waals surface area contributed by atoms with Crippen molar-refractivity contribution in [2.45, 2.75) is 33.7 Å². The van der Waals surface area contributed by atoms with Crippen LogP contribution in [0.4, 0.5) is 0 Å². The molecule has 1 fully saturated rings. The standard InChI is InChI=1S/C13H29N3O2S/c1-6-14-12(13(2,3)4)11-15-7-9-16(10-8-15)19(5,17)18/h12,14H,6-11H2,1-5H3. The molecule has 0 saturated carbocycles. The summed E-state index contributed by atoms with van der Waals surface area (Å²) in [6.07, 6.45) is 1.29. The van der Waals surface area contributed by atoms with Crippen LogP contribution in [0.2, 0.25) is 0 Å². The van der Waals surface area contributed by atoms with E-state index in [4.69, 9.17) is 0 Å². The molecule has 114 valence electrons. The Labute approximate surface area is 118 Å². The Balaban J connectivity index is 2.51. The largest absolute Gasteiger partial charge is 0.312 e. The SMILES string of the molecule is CCNC(CN1CCN(S(C)(=O)=O)CC1)C(C)(C)C. The Morgan fingerprint density at radius 2 is 1.68 bits per heavy atom. The molecule has 0 aliphatic carbocycles. The maximum Gasteiger partial charge on any atom is 0.211 e. The summed E-state index contributed by atoms with van der Waals surface area (Å²) in [6, 6.07) is 0.433. The topological polar surface area (TPSA) is 52.6 Å². The van der Waals surface area contributed by atoms with Gasteiger partial charge in [-0.1, -0.05) is 27.7 Å². The fourth-order valence-corrected chi connectivity index (χ4v) is 3.22. The summed E-state index contributed by atoms with van der Waals surface area (Å²) in [6.45, 7) is 13.7. The summed E-state index contributed by atoms with van der Waals surface area (Å²) in [4.78, 5) is 2.36. The van der Waals surface area contributed by atoms with E-state index in [0.29, 0.717) is 19.1 Å². The van der Waals surface area contributed by atoms with Gasteiger partial charge >= 0.3 is 0 Å². The van der Waals surface area contributed by atoms with Crippen molar-refractivity contribution in [3.8, 4) is 0 Å². The van der Waals surface area contributed by atoms with Crippen LogP contribution in [0.25, 0.3) is 0 Å². The minimum Gasteiger partial charge on any atom is -0.312 e. The van der Waals surface area contributed by atoms with E-state index >= 15 is 0 Å². The first-order valence-corrected chi connectivity index (χ1v) is 8.90. The number of piperazine rings is 1. The Morgan fingerprint density at radius 1 is 1.16 bits per heavy atom. The molecule has 6 heteroatoms. The van der Waals surface area contributed by atoms with E-state index < -0.39 is 10.0 Å². The van der Waals surface area contributed by atoms with Crippen molar-refractivity contribution in [2.24, 2.45) is 5.41 Å². The monoisotopic (exact) mass is 291 g/mol. The highest BCUT2D eigenvalue weighted by Crippen LogP contribution is 2.20. The summed E-state index contributed by atoms with van der Waals surface area (Å²) in [5, 5.41) is 3.54. The van der Waals surface area contributed by atoms with Gasteiger partial charge in [-0.2, -0.15) is 4.31 Å². The van der Waals surface area contributed by atoms with E-state index in [-0.39, 0.29) is 5.41 Å². The molecule has 1 N–H and O–H groups in total. The van der Waals surface area contributed by atoms with Gasteiger partial charge in [0.05, 0.1) is 6.26 Å². The van der Waals surface area contributed by atoms with Crippen LogP contribution in [-0.4, -0.2) is 69.2 Å². The predicted octanol–water partition coefficient (Wildman–Crippen LogP) is 0.588. The third-order valence-electron chi connectivity index (χ3n) is 3.74. The number of nitrogens with one attached hydrogen (secondary N) is 1. The average molecular weight is 291 g/mol. The first-order chi connectivity index (χ1) is 8.64. The second-order valence-electron chi connectivity index (χ2n) is 6.44. The zero-order valence-electron chi connectivity index (χ0n) is 12.9. The lowest BCUT2D eigenvalue weighted by Crippen LogP contribution is -2.54. The predicted molar refractivity (Wildman–Crippen MR) is 79.8 cm³/mol. The van der Waals surface area contributed by atoms with E-state index in [1.165, 1.54) is 6.26 Å². The maximum absolute atomic E-state index is 11.5. The van der Waals surface area contributed by atoms with Crippen molar-refractivity contribution >= 4 is 10.0 Å². The number of hydrogen-bond acceptors (Lipinski definition) is 4. The van der Waals surface area contributed by atoms with Crippen LogP contribution in [0, 0.1) is 5.41 Å². The Kier molecular flexibility index (Phi) is 5.79. The number of rotatable bonds is 5. The van der Waals surface area contributed by atoms with Gasteiger partial charge < -0.3 is 5.32 Å². The van der Waals surface area contributed by atoms with Crippen LogP contribution in [-0.2, 0) is 10.0 Å². The van der Waals surface area contributed by atoms with Gasteiger partial charge in [0.2, 0.25) is 10.0 Å². The van der Waals surface area contributed by atoms with Crippen molar-refractivity contribution in [1.29, 1.82) is 0 Å². The zero-order chi connectivity index (χ0) is 14.7. The quantitative estimate of drug-likeness (QED) is 0.805. The van der Waals surface area contributed by atoms with Crippen LogP contribution in [0.15, 0.2) is 0 Å². The van der Waals surface area contributed by atoms with Crippen molar-refractivity contribution in [3.05, 3.63) is 0 Å². The lowest BCUT2D eigenvalue weighted by molar-refractivity contribution is 0.137. The third-order valence-corrected chi connectivity index (χ3v) is 5.04. The summed E-state index contributed by atoms with van der Waals surface area (Å²) in [7, 11) is -3.03. The molecule has 0 radical (unpaired) electrons. The molecule has 0 aromatic rings. The van der Waals surface area contributed by atoms with Gasteiger partial charge in [-0.3, -0.25) is 4.90 Å². The molecule has 5 nitrogen and oxygen atoms in total. The van der Waals surface area contributed by atoms with E-state index in [1.54, 1.807) is 4.31 Å². The molecule has 1 rings (SSSR count). The van der Waals surface area contributed by atoms with Gasteiger partial charge in [-0.05, 0) is 12.0 Å². The Morgan fingerprint density at radius 3 is 2.05 bits per heavy atom. The highest BCUT2D eigenvalue weighted by atomic mass is 32.2. The first-order valence-electron chi connectivity index (χ1n) is 7.05. The van der Waals surface area contributed by atoms with Crippen molar-refractivity contribution < 1.29 is 8.42 Å². The van der Waals surface area contributed by atoms with E-state index in [0.717, 1.165) is 26.2 Å². The van der Waals surface area contributed by atoms with Crippen LogP contribution in [0.1, 0.15) is 27.7 Å².